The van der Waals surface area contributed by atoms with Gasteiger partial charge in [0.05, 0.1) is 9.82 Å². The smallest absolute Gasteiger partial charge is 0.270 e. The molecule has 4 rings (SSSR count). The summed E-state index contributed by atoms with van der Waals surface area (Å²) >= 11 is 0. The van der Waals surface area contributed by atoms with E-state index in [1.807, 2.05) is 0 Å². The first-order chi connectivity index (χ1) is 15.3. The highest BCUT2D eigenvalue weighted by atomic mass is 32.2. The van der Waals surface area contributed by atoms with Gasteiger partial charge in [-0.2, -0.15) is 4.31 Å². The van der Waals surface area contributed by atoms with E-state index >= 15 is 0 Å². The van der Waals surface area contributed by atoms with Crippen molar-refractivity contribution in [3.63, 3.8) is 0 Å². The van der Waals surface area contributed by atoms with Crippen LogP contribution in [0, 0.1) is 15.9 Å². The first-order valence-corrected chi connectivity index (χ1v) is 11.5. The molecule has 0 bridgehead atoms. The van der Waals surface area contributed by atoms with Gasteiger partial charge < -0.3 is 9.47 Å². The Morgan fingerprint density at radius 2 is 1.78 bits per heavy atom. The second-order valence-corrected chi connectivity index (χ2v) is 9.47. The van der Waals surface area contributed by atoms with E-state index in [2.05, 4.69) is 0 Å². The monoisotopic (exact) mass is 460 g/mol. The molecule has 0 atom stereocenters. The average molecular weight is 460 g/mol. The van der Waals surface area contributed by atoms with E-state index in [0.29, 0.717) is 23.9 Å². The summed E-state index contributed by atoms with van der Waals surface area (Å²) < 4.78 is 41.9. The van der Waals surface area contributed by atoms with Crippen LogP contribution in [-0.2, 0) is 21.4 Å². The van der Waals surface area contributed by atoms with Gasteiger partial charge in [-0.05, 0) is 42.8 Å². The zero-order chi connectivity index (χ0) is 22.9. The van der Waals surface area contributed by atoms with E-state index in [9.17, 15) is 27.7 Å². The van der Waals surface area contributed by atoms with Crippen molar-refractivity contribution in [2.45, 2.75) is 17.9 Å². The minimum atomic E-state index is -3.77. The molecule has 0 unspecified atom stereocenters. The molecule has 2 heterocycles. The lowest BCUT2D eigenvalue weighted by molar-refractivity contribution is -0.384. The molecule has 32 heavy (non-hydrogen) atoms. The molecule has 0 N–H and O–H groups in total. The largest absolute Gasteiger partial charge is 0.340 e. The summed E-state index contributed by atoms with van der Waals surface area (Å²) in [6.07, 6.45) is 2.18. The van der Waals surface area contributed by atoms with Gasteiger partial charge in [-0.25, -0.2) is 12.8 Å². The number of nitro groups is 1. The first-order valence-electron chi connectivity index (χ1n) is 10.0. The third kappa shape index (κ3) is 4.34. The van der Waals surface area contributed by atoms with Crippen LogP contribution in [-0.4, -0.2) is 59.2 Å². The van der Waals surface area contributed by atoms with Gasteiger partial charge in [-0.15, -0.1) is 0 Å². The lowest BCUT2D eigenvalue weighted by Crippen LogP contribution is -2.38. The van der Waals surface area contributed by atoms with Crippen molar-refractivity contribution in [2.75, 3.05) is 26.2 Å². The molecule has 0 spiro atoms. The SMILES string of the molecule is O=C(Cn1ccc2cc([N+](=O)[O-])ccc21)N1CCCN(S(=O)(=O)c2ccc(F)cc2)CC1. The molecule has 0 aliphatic carbocycles. The van der Waals surface area contributed by atoms with Gasteiger partial charge >= 0.3 is 0 Å². The maximum atomic E-state index is 13.1. The fourth-order valence-electron chi connectivity index (χ4n) is 3.82. The molecule has 1 aliphatic rings. The molecule has 1 aliphatic heterocycles. The Bertz CT molecular complexity index is 1270. The van der Waals surface area contributed by atoms with Crippen molar-refractivity contribution in [3.05, 3.63) is 70.7 Å². The molecular weight excluding hydrogens is 439 g/mol. The quantitative estimate of drug-likeness (QED) is 0.430. The van der Waals surface area contributed by atoms with E-state index in [-0.39, 0.29) is 42.7 Å². The Hall–Kier alpha value is -3.31. The lowest BCUT2D eigenvalue weighted by atomic mass is 10.2. The van der Waals surface area contributed by atoms with Crippen LogP contribution in [0.4, 0.5) is 10.1 Å². The predicted molar refractivity (Wildman–Crippen MR) is 115 cm³/mol. The predicted octanol–water partition coefficient (Wildman–Crippen LogP) is 2.61. The Morgan fingerprint density at radius 3 is 2.50 bits per heavy atom. The summed E-state index contributed by atoms with van der Waals surface area (Å²) in [6, 6.07) is 10.9. The van der Waals surface area contributed by atoms with E-state index in [0.717, 1.165) is 12.1 Å². The van der Waals surface area contributed by atoms with Crippen molar-refractivity contribution in [1.82, 2.24) is 13.8 Å². The number of carbonyl (C=O) groups is 1. The van der Waals surface area contributed by atoms with Crippen LogP contribution in [0.15, 0.2) is 59.6 Å². The molecule has 0 radical (unpaired) electrons. The molecule has 0 saturated carbocycles. The number of amides is 1. The van der Waals surface area contributed by atoms with Crippen LogP contribution in [0.2, 0.25) is 0 Å². The Kier molecular flexibility index (Phi) is 5.94. The molecule has 11 heteroatoms. The summed E-state index contributed by atoms with van der Waals surface area (Å²) in [4.78, 5) is 25.0. The normalized spacial score (nSPS) is 15.6. The van der Waals surface area contributed by atoms with Gasteiger partial charge in [0.2, 0.25) is 15.9 Å². The van der Waals surface area contributed by atoms with Crippen molar-refractivity contribution >= 4 is 32.5 Å². The number of benzene rings is 2. The maximum absolute atomic E-state index is 13.1. The molecule has 2 aromatic carbocycles. The van der Waals surface area contributed by atoms with E-state index in [1.54, 1.807) is 27.8 Å². The molecule has 1 aromatic heterocycles. The van der Waals surface area contributed by atoms with Crippen LogP contribution in [0.5, 0.6) is 0 Å². The number of sulfonamides is 1. The van der Waals surface area contributed by atoms with Crippen LogP contribution in [0.25, 0.3) is 10.9 Å². The summed E-state index contributed by atoms with van der Waals surface area (Å²) in [5.74, 6) is -0.675. The maximum Gasteiger partial charge on any atom is 0.270 e. The summed E-state index contributed by atoms with van der Waals surface area (Å²) in [5.41, 5.74) is 0.691. The van der Waals surface area contributed by atoms with Gasteiger partial charge in [0.15, 0.2) is 0 Å². The van der Waals surface area contributed by atoms with E-state index in [1.165, 1.54) is 28.6 Å². The zero-order valence-electron chi connectivity index (χ0n) is 17.1. The van der Waals surface area contributed by atoms with Gasteiger partial charge in [-0.3, -0.25) is 14.9 Å². The van der Waals surface area contributed by atoms with Gasteiger partial charge in [-0.1, -0.05) is 0 Å². The summed E-state index contributed by atoms with van der Waals surface area (Å²) in [5, 5.41) is 11.6. The molecular formula is C21H21FN4O5S. The van der Waals surface area contributed by atoms with Crippen LogP contribution in [0.1, 0.15) is 6.42 Å². The number of hydrogen-bond acceptors (Lipinski definition) is 5. The number of fused-ring (bicyclic) bond motifs is 1. The fourth-order valence-corrected chi connectivity index (χ4v) is 5.29. The highest BCUT2D eigenvalue weighted by Crippen LogP contribution is 2.23. The summed E-state index contributed by atoms with van der Waals surface area (Å²) in [7, 11) is -3.77. The molecule has 1 saturated heterocycles. The number of carbonyl (C=O) groups excluding carboxylic acids is 1. The number of nitrogens with zero attached hydrogens (tertiary/aromatic N) is 4. The van der Waals surface area contributed by atoms with Crippen molar-refractivity contribution in [2.24, 2.45) is 0 Å². The highest BCUT2D eigenvalue weighted by Gasteiger charge is 2.28. The summed E-state index contributed by atoms with van der Waals surface area (Å²) in [6.45, 7) is 1.11. The van der Waals surface area contributed by atoms with E-state index in [4.69, 9.17) is 0 Å². The third-order valence-corrected chi connectivity index (χ3v) is 7.44. The number of nitro benzene ring substituents is 1. The van der Waals surface area contributed by atoms with Crippen LogP contribution >= 0.6 is 0 Å². The lowest BCUT2D eigenvalue weighted by Gasteiger charge is -2.22. The fraction of sp³-hybridized carbons (Fsp3) is 0.286. The minimum Gasteiger partial charge on any atom is -0.340 e. The average Bonchev–Trinajstić information content (AvgIpc) is 2.99. The second kappa shape index (κ2) is 8.67. The van der Waals surface area contributed by atoms with Crippen molar-refractivity contribution in [1.29, 1.82) is 0 Å². The zero-order valence-corrected chi connectivity index (χ0v) is 17.9. The molecule has 1 amide bonds. The van der Waals surface area contributed by atoms with Crippen molar-refractivity contribution < 1.29 is 22.5 Å². The molecule has 1 fully saturated rings. The van der Waals surface area contributed by atoms with Crippen LogP contribution < -0.4 is 0 Å². The molecule has 168 valence electrons. The number of hydrogen-bond donors (Lipinski definition) is 0. The highest BCUT2D eigenvalue weighted by molar-refractivity contribution is 7.89. The first kappa shape index (κ1) is 21.9. The van der Waals surface area contributed by atoms with E-state index < -0.39 is 20.8 Å². The van der Waals surface area contributed by atoms with Gasteiger partial charge in [0.1, 0.15) is 12.4 Å². The Morgan fingerprint density at radius 1 is 1.03 bits per heavy atom. The number of rotatable bonds is 5. The van der Waals surface area contributed by atoms with Gasteiger partial charge in [0.25, 0.3) is 5.69 Å². The topological polar surface area (TPSA) is 106 Å². The van der Waals surface area contributed by atoms with Crippen molar-refractivity contribution in [3.8, 4) is 0 Å². The third-order valence-electron chi connectivity index (χ3n) is 5.53. The number of halogens is 1. The van der Waals surface area contributed by atoms with Crippen LogP contribution in [0.3, 0.4) is 0 Å². The number of aromatic nitrogens is 1. The number of non-ortho nitro benzene ring substituents is 1. The second-order valence-electron chi connectivity index (χ2n) is 7.54. The Labute approximate surface area is 183 Å². The molecule has 9 nitrogen and oxygen atoms in total. The minimum absolute atomic E-state index is 0.0171. The Balaban J connectivity index is 1.44. The van der Waals surface area contributed by atoms with Gasteiger partial charge in [0, 0.05) is 55.4 Å². The standard InChI is InChI=1S/C21H21FN4O5S/c22-17-2-5-19(6-3-17)32(30,31)25-10-1-9-23(12-13-25)21(27)15-24-11-8-16-14-18(26(28)29)4-7-20(16)24/h2-8,11,14H,1,9-10,12-13,15H2. The molecule has 3 aromatic rings.